The monoisotopic (exact) mass is 672 g/mol. The molecule has 0 bridgehead atoms. The first-order chi connectivity index (χ1) is 10.6. The Balaban J connectivity index is 2.06. The van der Waals surface area contributed by atoms with Crippen LogP contribution in [0.3, 0.4) is 0 Å². The molecule has 0 fully saturated rings. The molecule has 0 N–H and O–H groups in total. The van der Waals surface area contributed by atoms with Crippen molar-refractivity contribution in [2.24, 2.45) is 0 Å². The molecule has 0 radical (unpaired) electrons. The SMILES string of the molecule is Cc1cccc2[c]1[Hg][O]C(=O)c1cccc(C)[c]1[Hg][O]C2=O. The van der Waals surface area contributed by atoms with Crippen LogP contribution in [-0.4, -0.2) is 11.9 Å². The van der Waals surface area contributed by atoms with Gasteiger partial charge in [-0.1, -0.05) is 0 Å². The predicted octanol–water partition coefficient (Wildman–Crippen LogP) is 1.58. The zero-order valence-electron chi connectivity index (χ0n) is 12.5. The summed E-state index contributed by atoms with van der Waals surface area (Å²) in [7, 11) is 0. The third-order valence-electron chi connectivity index (χ3n) is 3.96. The number of rotatable bonds is 0. The van der Waals surface area contributed by atoms with Crippen molar-refractivity contribution in [3.05, 3.63) is 58.7 Å². The van der Waals surface area contributed by atoms with Crippen LogP contribution >= 0.6 is 0 Å². The van der Waals surface area contributed by atoms with Crippen molar-refractivity contribution in [3.8, 4) is 0 Å². The van der Waals surface area contributed by atoms with Crippen LogP contribution in [0.2, 0.25) is 0 Å². The normalized spacial score (nSPS) is 13.0. The summed E-state index contributed by atoms with van der Waals surface area (Å²) < 4.78 is 13.2. The number of hydrogen-bond acceptors (Lipinski definition) is 4. The third kappa shape index (κ3) is 3.13. The zero-order valence-corrected chi connectivity index (χ0v) is 23.5. The molecule has 22 heavy (non-hydrogen) atoms. The Morgan fingerprint density at radius 2 is 1.14 bits per heavy atom. The van der Waals surface area contributed by atoms with Gasteiger partial charge in [-0.3, -0.25) is 0 Å². The Morgan fingerprint density at radius 3 is 1.55 bits per heavy atom. The first kappa shape index (κ1) is 16.1. The van der Waals surface area contributed by atoms with Gasteiger partial charge in [0.05, 0.1) is 0 Å². The van der Waals surface area contributed by atoms with Crippen LogP contribution in [-0.2, 0) is 55.4 Å². The summed E-state index contributed by atoms with van der Waals surface area (Å²) >= 11 is -4.34. The van der Waals surface area contributed by atoms with Crippen molar-refractivity contribution in [3.63, 3.8) is 0 Å². The zero-order chi connectivity index (χ0) is 15.7. The molecule has 0 amide bonds. The van der Waals surface area contributed by atoms with Gasteiger partial charge in [0, 0.05) is 0 Å². The summed E-state index contributed by atoms with van der Waals surface area (Å²) in [6.07, 6.45) is 0. The van der Waals surface area contributed by atoms with Gasteiger partial charge in [0.25, 0.3) is 0 Å². The van der Waals surface area contributed by atoms with E-state index < -0.39 is 50.1 Å². The van der Waals surface area contributed by atoms with Crippen LogP contribution in [0, 0.1) is 13.8 Å². The fraction of sp³-hybridized carbons (Fsp3) is 0.125. The van der Waals surface area contributed by atoms with Crippen molar-refractivity contribution < 1.29 is 64.9 Å². The van der Waals surface area contributed by atoms with E-state index in [0.717, 1.165) is 17.3 Å². The second-order valence-electron chi connectivity index (χ2n) is 5.35. The van der Waals surface area contributed by atoms with Crippen LogP contribution in [0.4, 0.5) is 0 Å². The number of carbonyl (C=O) groups excluding carboxylic acids is 2. The molecule has 104 valence electrons. The van der Waals surface area contributed by atoms with Gasteiger partial charge in [0.1, 0.15) is 0 Å². The molecule has 0 aliphatic carbocycles. The molecule has 0 unspecified atom stereocenters. The van der Waals surface area contributed by atoms with E-state index in [1.165, 1.54) is 0 Å². The molecule has 0 spiro atoms. The van der Waals surface area contributed by atoms with Crippen molar-refractivity contribution in [1.29, 1.82) is 0 Å². The molecule has 2 aromatic carbocycles. The van der Waals surface area contributed by atoms with Gasteiger partial charge in [-0.25, -0.2) is 0 Å². The maximum absolute atomic E-state index is 12.4. The molecule has 0 saturated carbocycles. The summed E-state index contributed by atoms with van der Waals surface area (Å²) in [6.45, 7) is 3.90. The summed E-state index contributed by atoms with van der Waals surface area (Å²) in [5.41, 5.74) is 3.24. The van der Waals surface area contributed by atoms with Gasteiger partial charge < -0.3 is 0 Å². The van der Waals surface area contributed by atoms with Gasteiger partial charge in [0.15, 0.2) is 0 Å². The van der Waals surface area contributed by atoms with Crippen LogP contribution in [0.15, 0.2) is 36.4 Å². The van der Waals surface area contributed by atoms with E-state index in [1.807, 2.05) is 38.1 Å². The average Bonchev–Trinajstić information content (AvgIpc) is 2.51. The first-order valence-corrected chi connectivity index (χ1v) is 17.1. The van der Waals surface area contributed by atoms with E-state index in [0.29, 0.717) is 11.1 Å². The Hall–Kier alpha value is -0.750. The molecule has 0 aromatic heterocycles. The minimum atomic E-state index is -2.17. The molecule has 6 heteroatoms. The molecule has 0 saturated heterocycles. The van der Waals surface area contributed by atoms with E-state index in [1.54, 1.807) is 12.1 Å². The van der Waals surface area contributed by atoms with Crippen molar-refractivity contribution in [2.45, 2.75) is 13.8 Å². The molecule has 0 atom stereocenters. The van der Waals surface area contributed by atoms with Gasteiger partial charge in [0.2, 0.25) is 0 Å². The molecule has 4 nitrogen and oxygen atoms in total. The van der Waals surface area contributed by atoms with Crippen LogP contribution in [0.5, 0.6) is 0 Å². The van der Waals surface area contributed by atoms with Gasteiger partial charge in [-0.2, -0.15) is 0 Å². The average molecular weight is 669 g/mol. The van der Waals surface area contributed by atoms with Gasteiger partial charge >= 0.3 is 156 Å². The Bertz CT molecular complexity index is 705. The molecule has 1 heterocycles. The van der Waals surface area contributed by atoms with Crippen LogP contribution < -0.4 is 6.14 Å². The number of carbonyl (C=O) groups is 2. The van der Waals surface area contributed by atoms with E-state index in [-0.39, 0.29) is 11.9 Å². The number of hydrogen-bond donors (Lipinski definition) is 0. The Labute approximate surface area is 154 Å². The van der Waals surface area contributed by atoms with E-state index in [2.05, 4.69) is 0 Å². The summed E-state index contributed by atoms with van der Waals surface area (Å²) in [5.74, 6) is -0.486. The molecule has 1 aliphatic heterocycles. The molecule has 3 rings (SSSR count). The quantitative estimate of drug-likeness (QED) is 0.401. The molecular formula is C16H12Hg2O4. The fourth-order valence-corrected chi connectivity index (χ4v) is 11.9. The van der Waals surface area contributed by atoms with Crippen LogP contribution in [0.25, 0.3) is 0 Å². The fourth-order valence-electron chi connectivity index (χ4n) is 2.60. The maximum atomic E-state index is 12.4. The Morgan fingerprint density at radius 1 is 0.727 bits per heavy atom. The van der Waals surface area contributed by atoms with Crippen molar-refractivity contribution in [2.75, 3.05) is 0 Å². The number of benzene rings is 2. The molecule has 2 aromatic rings. The molecular weight excluding hydrogens is 657 g/mol. The van der Waals surface area contributed by atoms with E-state index in [9.17, 15) is 9.59 Å². The van der Waals surface area contributed by atoms with E-state index >= 15 is 0 Å². The third-order valence-corrected chi connectivity index (χ3v) is 16.7. The van der Waals surface area contributed by atoms with Crippen LogP contribution in [0.1, 0.15) is 31.8 Å². The summed E-state index contributed by atoms with van der Waals surface area (Å²) in [4.78, 5) is 24.8. The second kappa shape index (κ2) is 6.79. The van der Waals surface area contributed by atoms with Crippen molar-refractivity contribution in [1.82, 2.24) is 0 Å². The molecule has 1 aliphatic rings. The van der Waals surface area contributed by atoms with Gasteiger partial charge in [-0.15, -0.1) is 0 Å². The minimum absolute atomic E-state index is 0.243. The summed E-state index contributed by atoms with van der Waals surface area (Å²) in [6, 6.07) is 11.2. The standard InChI is InChI=1S/2C8H7O2.2Hg/c2*1-6-3-2-4-7(5-6)8(9)10;;/h2*2-4H,1H3,(H,9,10);;/q;;2*+1/p-2. The van der Waals surface area contributed by atoms with Crippen molar-refractivity contribution >= 4 is 18.1 Å². The number of aryl methyl sites for hydroxylation is 2. The van der Waals surface area contributed by atoms with Gasteiger partial charge in [-0.05, 0) is 0 Å². The topological polar surface area (TPSA) is 52.6 Å². The summed E-state index contributed by atoms with van der Waals surface area (Å²) in [5, 5.41) is 0. The Kier molecular flexibility index (Phi) is 4.97. The first-order valence-electron chi connectivity index (χ1n) is 7.09. The van der Waals surface area contributed by atoms with E-state index in [4.69, 9.17) is 5.29 Å². The predicted molar refractivity (Wildman–Crippen MR) is 72.5 cm³/mol. The number of fused-ring (bicyclic) bond motifs is 2. The second-order valence-corrected chi connectivity index (χ2v) is 15.3.